The lowest BCUT2D eigenvalue weighted by Crippen LogP contribution is -2.35. The number of anilines is 1. The van der Waals surface area contributed by atoms with Crippen molar-refractivity contribution in [3.63, 3.8) is 0 Å². The molecule has 0 bridgehead atoms. The summed E-state index contributed by atoms with van der Waals surface area (Å²) >= 11 is 16.5. The molecule has 0 aliphatic carbocycles. The normalized spacial score (nSPS) is 10.1. The third kappa shape index (κ3) is 5.16. The Labute approximate surface area is 152 Å². The molecular weight excluding hydrogens is 373 g/mol. The monoisotopic (exact) mass is 383 g/mol. The predicted octanol–water partition coefficient (Wildman–Crippen LogP) is 3.96. The number of nitrogens with one attached hydrogen (secondary N) is 2. The van der Waals surface area contributed by atoms with Gasteiger partial charge in [-0.3, -0.25) is 14.9 Å². The molecule has 0 unspecified atom stereocenters. The van der Waals surface area contributed by atoms with Crippen LogP contribution in [0.1, 0.15) is 5.56 Å². The van der Waals surface area contributed by atoms with Crippen LogP contribution in [0.5, 0.6) is 0 Å². The molecule has 0 radical (unpaired) electrons. The largest absolute Gasteiger partial charge is 0.332 e. The smallest absolute Gasteiger partial charge is 0.289 e. The Hall–Kier alpha value is -2.22. The highest BCUT2D eigenvalue weighted by molar-refractivity contribution is 7.80. The molecule has 0 spiro atoms. The second-order valence-electron chi connectivity index (χ2n) is 4.73. The first-order chi connectivity index (χ1) is 11.3. The average molecular weight is 384 g/mol. The summed E-state index contributed by atoms with van der Waals surface area (Å²) in [7, 11) is 0. The fourth-order valence-corrected chi connectivity index (χ4v) is 2.40. The van der Waals surface area contributed by atoms with Crippen molar-refractivity contribution >= 4 is 57.8 Å². The Bertz CT molecular complexity index is 797. The molecule has 124 valence electrons. The maximum atomic E-state index is 11.9. The number of amides is 1. The van der Waals surface area contributed by atoms with Gasteiger partial charge in [-0.25, -0.2) is 0 Å². The zero-order valence-electron chi connectivity index (χ0n) is 12.1. The Kier molecular flexibility index (Phi) is 6.08. The van der Waals surface area contributed by atoms with Gasteiger partial charge in [0.15, 0.2) is 5.11 Å². The summed E-state index contributed by atoms with van der Waals surface area (Å²) in [6, 6.07) is 11.0. The molecule has 1 amide bonds. The molecule has 2 aromatic rings. The Morgan fingerprint density at radius 2 is 1.83 bits per heavy atom. The standard InChI is InChI=1S/C15H11Cl2N3O3S/c16-10-3-1-9(2-4-10)7-14(21)19-15(24)18-11-5-6-12(17)13(8-11)20(22)23/h1-6,8H,7H2,(H2,18,19,21,24). The van der Waals surface area contributed by atoms with E-state index >= 15 is 0 Å². The topological polar surface area (TPSA) is 84.3 Å². The summed E-state index contributed by atoms with van der Waals surface area (Å²) in [5.74, 6) is -0.321. The quantitative estimate of drug-likeness (QED) is 0.474. The number of halogens is 2. The van der Waals surface area contributed by atoms with E-state index in [1.165, 1.54) is 18.2 Å². The van der Waals surface area contributed by atoms with Gasteiger partial charge in [0.05, 0.1) is 11.3 Å². The van der Waals surface area contributed by atoms with Crippen LogP contribution in [0.15, 0.2) is 42.5 Å². The van der Waals surface area contributed by atoms with E-state index in [9.17, 15) is 14.9 Å². The molecule has 0 aromatic heterocycles. The minimum Gasteiger partial charge on any atom is -0.332 e. The summed E-state index contributed by atoms with van der Waals surface area (Å²) in [6.07, 6.45) is 0.125. The van der Waals surface area contributed by atoms with Crippen molar-refractivity contribution in [2.75, 3.05) is 5.32 Å². The maximum Gasteiger partial charge on any atom is 0.289 e. The molecule has 6 nitrogen and oxygen atoms in total. The van der Waals surface area contributed by atoms with Crippen molar-refractivity contribution < 1.29 is 9.72 Å². The van der Waals surface area contributed by atoms with E-state index < -0.39 is 4.92 Å². The summed E-state index contributed by atoms with van der Waals surface area (Å²) in [5.41, 5.74) is 0.877. The highest BCUT2D eigenvalue weighted by Crippen LogP contribution is 2.27. The lowest BCUT2D eigenvalue weighted by molar-refractivity contribution is -0.384. The lowest BCUT2D eigenvalue weighted by atomic mass is 10.1. The Balaban J connectivity index is 1.95. The van der Waals surface area contributed by atoms with Crippen molar-refractivity contribution in [3.05, 3.63) is 68.2 Å². The highest BCUT2D eigenvalue weighted by atomic mass is 35.5. The van der Waals surface area contributed by atoms with Crippen molar-refractivity contribution in [1.29, 1.82) is 0 Å². The minimum absolute atomic E-state index is 0.0169. The first-order valence-corrected chi connectivity index (χ1v) is 7.81. The zero-order valence-corrected chi connectivity index (χ0v) is 14.4. The van der Waals surface area contributed by atoms with E-state index in [1.807, 2.05) is 0 Å². The highest BCUT2D eigenvalue weighted by Gasteiger charge is 2.13. The molecule has 2 N–H and O–H groups in total. The molecule has 0 aliphatic rings. The van der Waals surface area contributed by atoms with Crippen LogP contribution in [0.3, 0.4) is 0 Å². The molecule has 0 saturated carbocycles. The van der Waals surface area contributed by atoms with E-state index in [-0.39, 0.29) is 28.2 Å². The van der Waals surface area contributed by atoms with Crippen molar-refractivity contribution in [2.45, 2.75) is 6.42 Å². The maximum absolute atomic E-state index is 11.9. The first-order valence-electron chi connectivity index (χ1n) is 6.64. The lowest BCUT2D eigenvalue weighted by Gasteiger charge is -2.10. The predicted molar refractivity (Wildman–Crippen MR) is 97.6 cm³/mol. The summed E-state index contributed by atoms with van der Waals surface area (Å²) in [6.45, 7) is 0. The van der Waals surface area contributed by atoms with Crippen molar-refractivity contribution in [1.82, 2.24) is 5.32 Å². The van der Waals surface area contributed by atoms with Crippen molar-refractivity contribution in [3.8, 4) is 0 Å². The number of nitro benzene ring substituents is 1. The molecule has 0 atom stereocenters. The summed E-state index contributed by atoms with van der Waals surface area (Å²) in [4.78, 5) is 22.2. The Morgan fingerprint density at radius 1 is 1.17 bits per heavy atom. The van der Waals surface area contributed by atoms with E-state index in [1.54, 1.807) is 24.3 Å². The van der Waals surface area contributed by atoms with Gasteiger partial charge < -0.3 is 10.6 Å². The van der Waals surface area contributed by atoms with Crippen LogP contribution in [0.2, 0.25) is 10.0 Å². The van der Waals surface area contributed by atoms with Crippen LogP contribution in [-0.2, 0) is 11.2 Å². The molecule has 0 heterocycles. The number of rotatable bonds is 4. The van der Waals surface area contributed by atoms with Crippen LogP contribution in [0.25, 0.3) is 0 Å². The fourth-order valence-electron chi connectivity index (χ4n) is 1.85. The third-order valence-corrected chi connectivity index (χ3v) is 3.71. The van der Waals surface area contributed by atoms with Crippen LogP contribution >= 0.6 is 35.4 Å². The fraction of sp³-hybridized carbons (Fsp3) is 0.0667. The molecule has 2 rings (SSSR count). The van der Waals surface area contributed by atoms with E-state index in [0.717, 1.165) is 5.56 Å². The van der Waals surface area contributed by atoms with Crippen LogP contribution in [-0.4, -0.2) is 15.9 Å². The van der Waals surface area contributed by atoms with Crippen LogP contribution < -0.4 is 10.6 Å². The van der Waals surface area contributed by atoms with Gasteiger partial charge in [-0.2, -0.15) is 0 Å². The molecule has 2 aromatic carbocycles. The Morgan fingerprint density at radius 3 is 2.46 bits per heavy atom. The second kappa shape index (κ2) is 8.05. The summed E-state index contributed by atoms with van der Waals surface area (Å²) < 4.78 is 0. The number of benzene rings is 2. The number of nitrogens with zero attached hydrogens (tertiary/aromatic N) is 1. The number of hydrogen-bond donors (Lipinski definition) is 2. The zero-order chi connectivity index (χ0) is 17.7. The van der Waals surface area contributed by atoms with E-state index in [4.69, 9.17) is 35.4 Å². The van der Waals surface area contributed by atoms with Gasteiger partial charge in [0.1, 0.15) is 5.02 Å². The van der Waals surface area contributed by atoms with Gasteiger partial charge >= 0.3 is 0 Å². The molecule has 0 aliphatic heterocycles. The number of carbonyl (C=O) groups excluding carboxylic acids is 1. The number of hydrogen-bond acceptors (Lipinski definition) is 4. The van der Waals surface area contributed by atoms with Crippen LogP contribution in [0, 0.1) is 10.1 Å². The third-order valence-electron chi connectivity index (χ3n) is 2.93. The molecule has 0 saturated heterocycles. The van der Waals surface area contributed by atoms with Gasteiger partial charge in [-0.05, 0) is 42.0 Å². The number of nitro groups is 1. The minimum atomic E-state index is -0.602. The molecule has 24 heavy (non-hydrogen) atoms. The average Bonchev–Trinajstić information content (AvgIpc) is 2.51. The molecule has 9 heteroatoms. The van der Waals surface area contributed by atoms with Crippen molar-refractivity contribution in [2.24, 2.45) is 0 Å². The molecule has 0 fully saturated rings. The molecular formula is C15H11Cl2N3O3S. The van der Waals surface area contributed by atoms with Gasteiger partial charge in [0, 0.05) is 16.8 Å². The number of carbonyl (C=O) groups is 1. The second-order valence-corrected chi connectivity index (χ2v) is 5.98. The van der Waals surface area contributed by atoms with E-state index in [0.29, 0.717) is 10.7 Å². The van der Waals surface area contributed by atoms with Gasteiger partial charge in [-0.15, -0.1) is 0 Å². The van der Waals surface area contributed by atoms with Crippen LogP contribution in [0.4, 0.5) is 11.4 Å². The first kappa shape index (κ1) is 18.1. The van der Waals surface area contributed by atoms with Gasteiger partial charge in [0.25, 0.3) is 5.69 Å². The summed E-state index contributed by atoms with van der Waals surface area (Å²) in [5, 5.41) is 16.7. The van der Waals surface area contributed by atoms with E-state index in [2.05, 4.69) is 10.6 Å². The SMILES string of the molecule is O=C(Cc1ccc(Cl)cc1)NC(=S)Nc1ccc(Cl)c([N+](=O)[O-])c1. The van der Waals surface area contributed by atoms with Gasteiger partial charge in [0.2, 0.25) is 5.91 Å². The number of thiocarbonyl (C=S) groups is 1. The van der Waals surface area contributed by atoms with Gasteiger partial charge in [-0.1, -0.05) is 35.3 Å².